The maximum Gasteiger partial charge on any atom is 0.216 e. The van der Waals surface area contributed by atoms with Crippen molar-refractivity contribution in [2.24, 2.45) is 7.05 Å². The van der Waals surface area contributed by atoms with E-state index in [0.717, 1.165) is 36.6 Å². The topological polar surface area (TPSA) is 39.1 Å². The van der Waals surface area contributed by atoms with Gasteiger partial charge in [0.1, 0.15) is 0 Å². The van der Waals surface area contributed by atoms with E-state index < -0.39 is 0 Å². The van der Waals surface area contributed by atoms with Crippen LogP contribution in [0.4, 0.5) is 0 Å². The lowest BCUT2D eigenvalue weighted by atomic mass is 10.2. The van der Waals surface area contributed by atoms with Crippen LogP contribution in [0.15, 0.2) is 17.5 Å². The molecular formula is C13H19N3OS. The van der Waals surface area contributed by atoms with Crippen LogP contribution in [0.25, 0.3) is 0 Å². The number of methoxy groups -OCH3 is 1. The molecule has 0 unspecified atom stereocenters. The van der Waals surface area contributed by atoms with E-state index in [0.29, 0.717) is 0 Å². The lowest BCUT2D eigenvalue weighted by Gasteiger charge is -2.06. The van der Waals surface area contributed by atoms with Gasteiger partial charge in [-0.15, -0.1) is 11.3 Å². The van der Waals surface area contributed by atoms with Crippen LogP contribution in [0.3, 0.4) is 0 Å². The molecule has 0 spiro atoms. The van der Waals surface area contributed by atoms with E-state index in [4.69, 9.17) is 4.74 Å². The number of aryl methyl sites for hydroxylation is 2. The van der Waals surface area contributed by atoms with Crippen LogP contribution in [0.2, 0.25) is 0 Å². The average Bonchev–Trinajstić information content (AvgIpc) is 2.93. The molecule has 1 N–H and O–H groups in total. The molecule has 2 aromatic heterocycles. The van der Waals surface area contributed by atoms with E-state index in [1.807, 2.05) is 14.0 Å². The van der Waals surface area contributed by atoms with Crippen LogP contribution in [-0.2, 0) is 20.0 Å². The van der Waals surface area contributed by atoms with Gasteiger partial charge in [-0.25, -0.2) is 4.68 Å². The van der Waals surface area contributed by atoms with Gasteiger partial charge in [-0.1, -0.05) is 6.07 Å². The van der Waals surface area contributed by atoms with Crippen molar-refractivity contribution < 1.29 is 4.74 Å². The summed E-state index contributed by atoms with van der Waals surface area (Å²) < 4.78 is 7.15. The molecule has 0 radical (unpaired) electrons. The van der Waals surface area contributed by atoms with Crippen LogP contribution in [-0.4, -0.2) is 23.4 Å². The van der Waals surface area contributed by atoms with E-state index in [1.54, 1.807) is 23.1 Å². The van der Waals surface area contributed by atoms with E-state index in [9.17, 15) is 0 Å². The summed E-state index contributed by atoms with van der Waals surface area (Å²) in [6.45, 7) is 3.78. The van der Waals surface area contributed by atoms with Gasteiger partial charge < -0.3 is 10.1 Å². The average molecular weight is 265 g/mol. The smallest absolute Gasteiger partial charge is 0.216 e. The van der Waals surface area contributed by atoms with Crippen molar-refractivity contribution in [1.82, 2.24) is 15.1 Å². The Morgan fingerprint density at radius 3 is 3.00 bits per heavy atom. The summed E-state index contributed by atoms with van der Waals surface area (Å²) >= 11 is 1.80. The third-order valence-corrected chi connectivity index (χ3v) is 3.85. The quantitative estimate of drug-likeness (QED) is 0.813. The van der Waals surface area contributed by atoms with Crippen molar-refractivity contribution in [3.63, 3.8) is 0 Å². The summed E-state index contributed by atoms with van der Waals surface area (Å²) in [5.74, 6) is 0.844. The number of nitrogens with one attached hydrogen (secondary N) is 1. The minimum atomic E-state index is 0.800. The lowest BCUT2D eigenvalue weighted by molar-refractivity contribution is 0.368. The Balaban J connectivity index is 1.86. The second-order valence-corrected chi connectivity index (χ2v) is 5.24. The molecule has 0 saturated carbocycles. The fraction of sp³-hybridized carbons (Fsp3) is 0.462. The molecule has 0 bridgehead atoms. The number of hydrogen-bond acceptors (Lipinski definition) is 4. The van der Waals surface area contributed by atoms with E-state index in [2.05, 4.69) is 27.9 Å². The Labute approximate surface area is 112 Å². The Kier molecular flexibility index (Phi) is 4.38. The molecule has 18 heavy (non-hydrogen) atoms. The first-order valence-electron chi connectivity index (χ1n) is 6.02. The minimum Gasteiger partial charge on any atom is -0.481 e. The molecule has 0 fully saturated rings. The second kappa shape index (κ2) is 6.02. The number of aromatic nitrogens is 2. The van der Waals surface area contributed by atoms with Gasteiger partial charge in [0.15, 0.2) is 0 Å². The van der Waals surface area contributed by atoms with Gasteiger partial charge in [-0.3, -0.25) is 0 Å². The highest BCUT2D eigenvalue weighted by Gasteiger charge is 2.12. The molecule has 0 amide bonds. The van der Waals surface area contributed by atoms with Crippen LogP contribution >= 0.6 is 11.3 Å². The van der Waals surface area contributed by atoms with Gasteiger partial charge in [0, 0.05) is 25.0 Å². The standard InChI is InChI=1S/C13H19N3OS/c1-10-12(13(17-3)16(2)15-10)9-14-7-6-11-5-4-8-18-11/h4-5,8,14H,6-7,9H2,1-3H3. The van der Waals surface area contributed by atoms with Crippen LogP contribution < -0.4 is 10.1 Å². The highest BCUT2D eigenvalue weighted by atomic mass is 32.1. The number of thiophene rings is 1. The van der Waals surface area contributed by atoms with Crippen molar-refractivity contribution in [1.29, 1.82) is 0 Å². The second-order valence-electron chi connectivity index (χ2n) is 4.20. The molecule has 5 heteroatoms. The Morgan fingerprint density at radius 1 is 1.50 bits per heavy atom. The van der Waals surface area contributed by atoms with Crippen molar-refractivity contribution >= 4 is 11.3 Å². The molecule has 0 saturated heterocycles. The maximum absolute atomic E-state index is 5.36. The Bertz CT molecular complexity index is 491. The van der Waals surface area contributed by atoms with Gasteiger partial charge in [0.25, 0.3) is 0 Å². The largest absolute Gasteiger partial charge is 0.481 e. The molecule has 0 aliphatic rings. The monoisotopic (exact) mass is 265 g/mol. The van der Waals surface area contributed by atoms with Crippen molar-refractivity contribution in [2.75, 3.05) is 13.7 Å². The van der Waals surface area contributed by atoms with E-state index in [-0.39, 0.29) is 0 Å². The summed E-state index contributed by atoms with van der Waals surface area (Å²) in [5, 5.41) is 9.92. The van der Waals surface area contributed by atoms with Crippen molar-refractivity contribution in [3.05, 3.63) is 33.6 Å². The molecule has 0 aliphatic carbocycles. The summed E-state index contributed by atoms with van der Waals surface area (Å²) in [6, 6.07) is 4.26. The van der Waals surface area contributed by atoms with Gasteiger partial charge in [0.2, 0.25) is 5.88 Å². The molecule has 4 nitrogen and oxygen atoms in total. The van der Waals surface area contributed by atoms with Crippen LogP contribution in [0.1, 0.15) is 16.1 Å². The third-order valence-electron chi connectivity index (χ3n) is 2.91. The van der Waals surface area contributed by atoms with Crippen molar-refractivity contribution in [2.45, 2.75) is 19.9 Å². The highest BCUT2D eigenvalue weighted by molar-refractivity contribution is 7.09. The third kappa shape index (κ3) is 2.91. The van der Waals surface area contributed by atoms with Gasteiger partial charge in [-0.2, -0.15) is 5.10 Å². The van der Waals surface area contributed by atoms with Gasteiger partial charge >= 0.3 is 0 Å². The number of nitrogens with zero attached hydrogens (tertiary/aromatic N) is 2. The summed E-state index contributed by atoms with van der Waals surface area (Å²) in [4.78, 5) is 1.41. The first-order valence-corrected chi connectivity index (χ1v) is 6.90. The van der Waals surface area contributed by atoms with E-state index >= 15 is 0 Å². The zero-order chi connectivity index (χ0) is 13.0. The maximum atomic E-state index is 5.36. The molecule has 0 aromatic carbocycles. The predicted molar refractivity (Wildman–Crippen MR) is 74.2 cm³/mol. The number of rotatable bonds is 6. The Hall–Kier alpha value is -1.33. The summed E-state index contributed by atoms with van der Waals surface area (Å²) in [6.07, 6.45) is 1.07. The molecule has 0 atom stereocenters. The fourth-order valence-electron chi connectivity index (χ4n) is 2.02. The SMILES string of the molecule is COc1c(CNCCc2cccs2)c(C)nn1C. The number of ether oxygens (including phenoxy) is 1. The molecule has 98 valence electrons. The van der Waals surface area contributed by atoms with Gasteiger partial charge in [0.05, 0.1) is 18.4 Å². The minimum absolute atomic E-state index is 0.800. The molecule has 2 heterocycles. The summed E-state index contributed by atoms with van der Waals surface area (Å²) in [5.41, 5.74) is 2.17. The Morgan fingerprint density at radius 2 is 2.33 bits per heavy atom. The van der Waals surface area contributed by atoms with E-state index in [1.165, 1.54) is 4.88 Å². The normalized spacial score (nSPS) is 10.8. The fourth-order valence-corrected chi connectivity index (χ4v) is 2.73. The summed E-state index contributed by atoms with van der Waals surface area (Å²) in [7, 11) is 3.59. The van der Waals surface area contributed by atoms with Crippen molar-refractivity contribution in [3.8, 4) is 5.88 Å². The zero-order valence-corrected chi connectivity index (χ0v) is 11.9. The lowest BCUT2D eigenvalue weighted by Crippen LogP contribution is -2.17. The molecule has 0 aliphatic heterocycles. The predicted octanol–water partition coefficient (Wildman–Crippen LogP) is 2.13. The molecular weight excluding hydrogens is 246 g/mol. The first-order chi connectivity index (χ1) is 8.72. The zero-order valence-electron chi connectivity index (χ0n) is 11.1. The molecule has 2 rings (SSSR count). The van der Waals surface area contributed by atoms with Gasteiger partial charge in [-0.05, 0) is 24.8 Å². The number of hydrogen-bond donors (Lipinski definition) is 1. The van der Waals surface area contributed by atoms with Crippen LogP contribution in [0.5, 0.6) is 5.88 Å². The highest BCUT2D eigenvalue weighted by Crippen LogP contribution is 2.20. The van der Waals surface area contributed by atoms with Crippen LogP contribution in [0, 0.1) is 6.92 Å². The first kappa shape index (κ1) is 13.1. The molecule has 2 aromatic rings.